The van der Waals surface area contributed by atoms with E-state index in [1.807, 2.05) is 43.3 Å². The van der Waals surface area contributed by atoms with Gasteiger partial charge in [0.15, 0.2) is 0 Å². The summed E-state index contributed by atoms with van der Waals surface area (Å²) in [6.45, 7) is 1.79. The van der Waals surface area contributed by atoms with Crippen LogP contribution in [0.4, 0.5) is 19.3 Å². The smallest absolute Gasteiger partial charge is 0.322 e. The number of allylic oxidation sites excluding steroid dienone is 1. The number of benzene rings is 2. The second-order valence-electron chi connectivity index (χ2n) is 7.75. The molecule has 0 unspecified atom stereocenters. The summed E-state index contributed by atoms with van der Waals surface area (Å²) >= 11 is 0. The van der Waals surface area contributed by atoms with Crippen molar-refractivity contribution in [3.8, 4) is 0 Å². The fraction of sp³-hybridized carbons (Fsp3) is 0.304. The number of fused-ring (bicyclic) bond motifs is 1. The number of amides is 3. The van der Waals surface area contributed by atoms with E-state index in [2.05, 4.69) is 5.32 Å². The Morgan fingerprint density at radius 1 is 1.23 bits per heavy atom. The maximum atomic E-state index is 13.9. The maximum Gasteiger partial charge on any atom is 0.322 e. The van der Waals surface area contributed by atoms with E-state index in [-0.39, 0.29) is 49.3 Å². The Hall–Kier alpha value is -3.26. The summed E-state index contributed by atoms with van der Waals surface area (Å²) < 4.78 is 27.3. The van der Waals surface area contributed by atoms with Crippen LogP contribution in [0, 0.1) is 11.6 Å². The molecule has 4 rings (SSSR count). The number of piperazine rings is 1. The van der Waals surface area contributed by atoms with Crippen molar-refractivity contribution < 1.29 is 23.5 Å². The molecule has 3 amide bonds. The summed E-state index contributed by atoms with van der Waals surface area (Å²) in [4.78, 5) is 28.3. The van der Waals surface area contributed by atoms with Gasteiger partial charge in [0.25, 0.3) is 0 Å². The zero-order valence-corrected chi connectivity index (χ0v) is 17.0. The van der Waals surface area contributed by atoms with E-state index in [0.29, 0.717) is 0 Å². The molecule has 162 valence electrons. The number of carbonyl (C=O) groups is 2. The van der Waals surface area contributed by atoms with Gasteiger partial charge in [0, 0.05) is 18.5 Å². The van der Waals surface area contributed by atoms with E-state index in [9.17, 15) is 23.5 Å². The monoisotopic (exact) mass is 427 g/mol. The molecule has 2 aromatic rings. The topological polar surface area (TPSA) is 72.9 Å². The van der Waals surface area contributed by atoms with E-state index < -0.39 is 17.7 Å². The first-order chi connectivity index (χ1) is 14.9. The molecule has 0 aromatic heterocycles. The lowest BCUT2D eigenvalue weighted by molar-refractivity contribution is -0.159. The SMILES string of the molecule is C/C=C/c1ccc([C@H]2[C@@H](CO)N3C(=O)CN(C(=O)Nc4cc(F)ccc4F)C[C@@H]23)cc1. The van der Waals surface area contributed by atoms with Gasteiger partial charge in [-0.3, -0.25) is 4.79 Å². The zero-order chi connectivity index (χ0) is 22.1. The molecule has 2 N–H and O–H groups in total. The largest absolute Gasteiger partial charge is 0.394 e. The number of nitrogens with one attached hydrogen (secondary N) is 1. The Labute approximate surface area is 178 Å². The van der Waals surface area contributed by atoms with E-state index in [1.54, 1.807) is 4.90 Å². The number of rotatable bonds is 4. The molecule has 3 atom stereocenters. The molecule has 2 aromatic carbocycles. The molecule has 0 radical (unpaired) electrons. The first-order valence-corrected chi connectivity index (χ1v) is 10.1. The van der Waals surface area contributed by atoms with Crippen LogP contribution in [-0.2, 0) is 4.79 Å². The van der Waals surface area contributed by atoms with Crippen LogP contribution < -0.4 is 5.32 Å². The summed E-state index contributed by atoms with van der Waals surface area (Å²) in [6.07, 6.45) is 3.91. The van der Waals surface area contributed by atoms with E-state index in [0.717, 1.165) is 29.3 Å². The number of aliphatic hydroxyl groups is 1. The minimum Gasteiger partial charge on any atom is -0.394 e. The molecule has 31 heavy (non-hydrogen) atoms. The highest BCUT2D eigenvalue weighted by Crippen LogP contribution is 2.43. The Bertz CT molecular complexity index is 1030. The van der Waals surface area contributed by atoms with Crippen LogP contribution in [0.1, 0.15) is 24.0 Å². The molecular formula is C23H23F2N3O3. The average molecular weight is 427 g/mol. The van der Waals surface area contributed by atoms with Crippen LogP contribution >= 0.6 is 0 Å². The third-order valence-corrected chi connectivity index (χ3v) is 5.89. The number of halogens is 2. The van der Waals surface area contributed by atoms with Crippen LogP contribution in [0.3, 0.4) is 0 Å². The zero-order valence-electron chi connectivity index (χ0n) is 17.0. The minimum absolute atomic E-state index is 0.130. The Morgan fingerprint density at radius 3 is 2.65 bits per heavy atom. The van der Waals surface area contributed by atoms with Gasteiger partial charge in [-0.15, -0.1) is 0 Å². The Morgan fingerprint density at radius 2 is 1.97 bits per heavy atom. The number of hydrogen-bond acceptors (Lipinski definition) is 3. The predicted molar refractivity (Wildman–Crippen MR) is 112 cm³/mol. The standard InChI is InChI=1S/C23H23F2N3O3/c1-2-3-14-4-6-15(7-5-14)22-19-11-27(12-21(30)28(19)20(22)13-29)23(31)26-18-10-16(24)8-9-17(18)25/h2-10,19-20,22,29H,11-13H2,1H3,(H,26,31)/b3-2+/t19-,20+,22+/m0/s1. The van der Waals surface area contributed by atoms with Crippen LogP contribution in [-0.4, -0.2) is 58.6 Å². The maximum absolute atomic E-state index is 13.9. The van der Waals surface area contributed by atoms with Gasteiger partial charge in [-0.05, 0) is 30.2 Å². The highest BCUT2D eigenvalue weighted by molar-refractivity contribution is 5.94. The molecule has 0 spiro atoms. The third kappa shape index (κ3) is 3.90. The molecule has 2 aliphatic rings. The highest BCUT2D eigenvalue weighted by atomic mass is 19.1. The van der Waals surface area contributed by atoms with Crippen molar-refractivity contribution in [2.24, 2.45) is 0 Å². The second-order valence-corrected chi connectivity index (χ2v) is 7.75. The molecule has 8 heteroatoms. The van der Waals surface area contributed by atoms with Gasteiger partial charge < -0.3 is 20.2 Å². The van der Waals surface area contributed by atoms with Crippen LogP contribution in [0.5, 0.6) is 0 Å². The molecule has 2 aliphatic heterocycles. The van der Waals surface area contributed by atoms with Crippen LogP contribution in [0.25, 0.3) is 6.08 Å². The molecule has 0 saturated carbocycles. The lowest BCUT2D eigenvalue weighted by atomic mass is 9.73. The van der Waals surface area contributed by atoms with E-state index in [4.69, 9.17) is 0 Å². The second kappa shape index (κ2) is 8.47. The van der Waals surface area contributed by atoms with Crippen molar-refractivity contribution in [1.82, 2.24) is 9.80 Å². The fourth-order valence-electron chi connectivity index (χ4n) is 4.46. The van der Waals surface area contributed by atoms with Crippen molar-refractivity contribution >= 4 is 23.7 Å². The van der Waals surface area contributed by atoms with Crippen molar-refractivity contribution in [3.05, 3.63) is 71.3 Å². The van der Waals surface area contributed by atoms with E-state index >= 15 is 0 Å². The molecule has 2 fully saturated rings. The number of anilines is 1. The quantitative estimate of drug-likeness (QED) is 0.787. The summed E-state index contributed by atoms with van der Waals surface area (Å²) in [5.41, 5.74) is 1.73. The Kier molecular flexibility index (Phi) is 5.73. The first-order valence-electron chi connectivity index (χ1n) is 10.1. The van der Waals surface area contributed by atoms with Gasteiger partial charge in [0.1, 0.15) is 18.2 Å². The van der Waals surface area contributed by atoms with Gasteiger partial charge in [0.2, 0.25) is 5.91 Å². The lowest BCUT2D eigenvalue weighted by Crippen LogP contribution is -2.73. The van der Waals surface area contributed by atoms with Crippen molar-refractivity contribution in [3.63, 3.8) is 0 Å². The number of aliphatic hydroxyl groups excluding tert-OH is 1. The normalized spacial score (nSPS) is 23.0. The predicted octanol–water partition coefficient (Wildman–Crippen LogP) is 3.20. The van der Waals surface area contributed by atoms with Gasteiger partial charge in [-0.1, -0.05) is 36.4 Å². The van der Waals surface area contributed by atoms with Gasteiger partial charge in [-0.25, -0.2) is 13.6 Å². The number of carbonyl (C=O) groups excluding carboxylic acids is 2. The van der Waals surface area contributed by atoms with Gasteiger partial charge in [0.05, 0.1) is 24.4 Å². The van der Waals surface area contributed by atoms with E-state index in [1.165, 1.54) is 4.90 Å². The molecule has 2 heterocycles. The van der Waals surface area contributed by atoms with Gasteiger partial charge in [-0.2, -0.15) is 0 Å². The lowest BCUT2D eigenvalue weighted by Gasteiger charge is -2.58. The number of nitrogens with zero attached hydrogens (tertiary/aromatic N) is 2. The third-order valence-electron chi connectivity index (χ3n) is 5.89. The minimum atomic E-state index is -0.761. The summed E-state index contributed by atoms with van der Waals surface area (Å²) in [5, 5.41) is 12.2. The van der Waals surface area contributed by atoms with Crippen LogP contribution in [0.15, 0.2) is 48.5 Å². The molecule has 0 bridgehead atoms. The Balaban J connectivity index is 1.53. The summed E-state index contributed by atoms with van der Waals surface area (Å²) in [5.74, 6) is -1.85. The van der Waals surface area contributed by atoms with Crippen molar-refractivity contribution in [1.29, 1.82) is 0 Å². The highest BCUT2D eigenvalue weighted by Gasteiger charge is 2.54. The molecular weight excluding hydrogens is 404 g/mol. The summed E-state index contributed by atoms with van der Waals surface area (Å²) in [7, 11) is 0. The van der Waals surface area contributed by atoms with Crippen LogP contribution in [0.2, 0.25) is 0 Å². The molecule has 6 nitrogen and oxygen atoms in total. The van der Waals surface area contributed by atoms with Gasteiger partial charge >= 0.3 is 6.03 Å². The van der Waals surface area contributed by atoms with Crippen molar-refractivity contribution in [2.75, 3.05) is 25.0 Å². The first kappa shape index (κ1) is 21.0. The summed E-state index contributed by atoms with van der Waals surface area (Å²) in [6, 6.07) is 9.32. The van der Waals surface area contributed by atoms with Crippen molar-refractivity contribution in [2.45, 2.75) is 24.9 Å². The molecule has 0 aliphatic carbocycles. The number of hydrogen-bond donors (Lipinski definition) is 2. The fourth-order valence-corrected chi connectivity index (χ4v) is 4.46. The number of urea groups is 1. The average Bonchev–Trinajstić information content (AvgIpc) is 2.73. The molecule has 2 saturated heterocycles.